The highest BCUT2D eigenvalue weighted by atomic mass is 32.1. The fourth-order valence-corrected chi connectivity index (χ4v) is 3.05. The maximum Gasteiger partial charge on any atom is 0.349 e. The van der Waals surface area contributed by atoms with Crippen LogP contribution in [0.5, 0.6) is 0 Å². The number of esters is 1. The Bertz CT molecular complexity index is 863. The molecular weight excluding hydrogens is 332 g/mol. The van der Waals surface area contributed by atoms with Crippen molar-refractivity contribution < 1.29 is 14.3 Å². The Morgan fingerprint density at radius 2 is 1.48 bits per heavy atom. The predicted molar refractivity (Wildman–Crippen MR) is 99.2 cm³/mol. The third-order valence-electron chi connectivity index (χ3n) is 3.90. The topological polar surface area (TPSA) is 43.4 Å². The molecule has 1 atom stereocenters. The molecule has 0 N–H and O–H groups in total. The number of benzene rings is 2. The average Bonchev–Trinajstić information content (AvgIpc) is 3.15. The highest BCUT2D eigenvalue weighted by Crippen LogP contribution is 2.25. The van der Waals surface area contributed by atoms with Crippen molar-refractivity contribution in [2.45, 2.75) is 20.0 Å². The Morgan fingerprint density at radius 3 is 2.04 bits per heavy atom. The summed E-state index contributed by atoms with van der Waals surface area (Å²) >= 11 is 1.29. The van der Waals surface area contributed by atoms with Gasteiger partial charge in [0, 0.05) is 11.1 Å². The summed E-state index contributed by atoms with van der Waals surface area (Å²) in [4.78, 5) is 25.8. The van der Waals surface area contributed by atoms with Crippen molar-refractivity contribution in [3.63, 3.8) is 0 Å². The van der Waals surface area contributed by atoms with Gasteiger partial charge in [-0.1, -0.05) is 65.7 Å². The van der Waals surface area contributed by atoms with Gasteiger partial charge in [0.25, 0.3) is 0 Å². The first-order chi connectivity index (χ1) is 12.0. The summed E-state index contributed by atoms with van der Waals surface area (Å²) in [5.74, 6) is -0.713. The summed E-state index contributed by atoms with van der Waals surface area (Å²) in [6.45, 7) is 3.93. The fourth-order valence-electron chi connectivity index (χ4n) is 2.44. The lowest BCUT2D eigenvalue weighted by molar-refractivity contribution is 0.0285. The second-order valence-corrected chi connectivity index (χ2v) is 6.85. The summed E-state index contributed by atoms with van der Waals surface area (Å²) in [6.07, 6.45) is -0.960. The molecule has 0 amide bonds. The van der Waals surface area contributed by atoms with Gasteiger partial charge in [0.1, 0.15) is 4.88 Å². The number of carbonyl (C=O) groups excluding carboxylic acids is 2. The highest BCUT2D eigenvalue weighted by Gasteiger charge is 2.27. The molecular formula is C21H18O3S. The minimum atomic E-state index is -0.960. The van der Waals surface area contributed by atoms with E-state index >= 15 is 0 Å². The first-order valence-electron chi connectivity index (χ1n) is 7.96. The second-order valence-electron chi connectivity index (χ2n) is 5.90. The SMILES string of the molecule is Cc1ccc(C(=O)[C@H](OC(=O)c2cccs2)c2ccc(C)cc2)cc1. The lowest BCUT2D eigenvalue weighted by Gasteiger charge is -2.17. The molecule has 4 heteroatoms. The molecule has 0 spiro atoms. The zero-order valence-corrected chi connectivity index (χ0v) is 14.9. The third-order valence-corrected chi connectivity index (χ3v) is 4.75. The maximum atomic E-state index is 13.0. The van der Waals surface area contributed by atoms with E-state index in [1.807, 2.05) is 50.2 Å². The number of ketones is 1. The van der Waals surface area contributed by atoms with Crippen molar-refractivity contribution in [3.8, 4) is 0 Å². The van der Waals surface area contributed by atoms with Crippen molar-refractivity contribution in [2.75, 3.05) is 0 Å². The van der Waals surface area contributed by atoms with E-state index in [1.165, 1.54) is 11.3 Å². The van der Waals surface area contributed by atoms with Crippen molar-refractivity contribution in [1.82, 2.24) is 0 Å². The van der Waals surface area contributed by atoms with E-state index in [0.717, 1.165) is 11.1 Å². The van der Waals surface area contributed by atoms with Crippen LogP contribution in [0.2, 0.25) is 0 Å². The van der Waals surface area contributed by atoms with Crippen LogP contribution in [0.1, 0.15) is 42.8 Å². The molecule has 25 heavy (non-hydrogen) atoms. The molecule has 0 aliphatic heterocycles. The molecule has 0 aliphatic rings. The lowest BCUT2D eigenvalue weighted by atomic mass is 9.98. The van der Waals surface area contributed by atoms with Gasteiger partial charge in [-0.05, 0) is 25.3 Å². The lowest BCUT2D eigenvalue weighted by Crippen LogP contribution is -2.20. The molecule has 1 aromatic heterocycles. The van der Waals surface area contributed by atoms with E-state index in [-0.39, 0.29) is 5.78 Å². The molecule has 0 aliphatic carbocycles. The fraction of sp³-hybridized carbons (Fsp3) is 0.143. The number of hydrogen-bond donors (Lipinski definition) is 0. The van der Waals surface area contributed by atoms with Crippen LogP contribution in [-0.4, -0.2) is 11.8 Å². The first kappa shape index (κ1) is 17.1. The number of thiophene rings is 1. The molecule has 3 rings (SSSR count). The first-order valence-corrected chi connectivity index (χ1v) is 8.84. The predicted octanol–water partition coefficient (Wildman–Crippen LogP) is 5.15. The van der Waals surface area contributed by atoms with Crippen LogP contribution >= 0.6 is 11.3 Å². The molecule has 0 bridgehead atoms. The number of aryl methyl sites for hydroxylation is 2. The van der Waals surface area contributed by atoms with Gasteiger partial charge in [0.05, 0.1) is 0 Å². The molecule has 3 aromatic rings. The zero-order valence-electron chi connectivity index (χ0n) is 14.1. The zero-order chi connectivity index (χ0) is 17.8. The van der Waals surface area contributed by atoms with Gasteiger partial charge >= 0.3 is 5.97 Å². The number of hydrogen-bond acceptors (Lipinski definition) is 4. The number of Topliss-reactive ketones (excluding diaryl/α,β-unsaturated/α-hetero) is 1. The summed E-state index contributed by atoms with van der Waals surface area (Å²) < 4.78 is 5.59. The van der Waals surface area contributed by atoms with Gasteiger partial charge in [0.15, 0.2) is 6.10 Å². The largest absolute Gasteiger partial charge is 0.445 e. The van der Waals surface area contributed by atoms with Gasteiger partial charge in [-0.2, -0.15) is 0 Å². The quantitative estimate of drug-likeness (QED) is 0.472. The summed E-state index contributed by atoms with van der Waals surface area (Å²) in [5, 5.41) is 1.80. The molecule has 0 saturated heterocycles. The Hall–Kier alpha value is -2.72. The molecule has 0 unspecified atom stereocenters. The molecule has 0 saturated carbocycles. The molecule has 0 fully saturated rings. The van der Waals surface area contributed by atoms with Crippen LogP contribution < -0.4 is 0 Å². The van der Waals surface area contributed by atoms with E-state index in [2.05, 4.69) is 0 Å². The molecule has 1 heterocycles. The van der Waals surface area contributed by atoms with Gasteiger partial charge in [-0.25, -0.2) is 4.79 Å². The van der Waals surface area contributed by atoms with Crippen LogP contribution in [0.15, 0.2) is 66.0 Å². The van der Waals surface area contributed by atoms with Crippen LogP contribution in [-0.2, 0) is 4.74 Å². The van der Waals surface area contributed by atoms with Gasteiger partial charge < -0.3 is 4.74 Å². The number of rotatable bonds is 5. The molecule has 3 nitrogen and oxygen atoms in total. The van der Waals surface area contributed by atoms with Crippen LogP contribution in [0, 0.1) is 13.8 Å². The van der Waals surface area contributed by atoms with Crippen molar-refractivity contribution in [3.05, 3.63) is 93.2 Å². The second kappa shape index (κ2) is 7.45. The van der Waals surface area contributed by atoms with Crippen molar-refractivity contribution in [2.24, 2.45) is 0 Å². The average molecular weight is 350 g/mol. The van der Waals surface area contributed by atoms with Crippen LogP contribution in [0.25, 0.3) is 0 Å². The third kappa shape index (κ3) is 4.03. The van der Waals surface area contributed by atoms with E-state index in [4.69, 9.17) is 4.74 Å². The summed E-state index contributed by atoms with van der Waals surface area (Å²) in [7, 11) is 0. The normalized spacial score (nSPS) is 11.8. The van der Waals surface area contributed by atoms with Crippen molar-refractivity contribution >= 4 is 23.1 Å². The standard InChI is InChI=1S/C21H18O3S/c1-14-5-9-16(10-6-14)19(22)20(17-11-7-15(2)8-12-17)24-21(23)18-4-3-13-25-18/h3-13,20H,1-2H3/t20-/m1/s1. The Morgan fingerprint density at radius 1 is 0.880 bits per heavy atom. The van der Waals surface area contributed by atoms with Crippen LogP contribution in [0.3, 0.4) is 0 Å². The molecule has 0 radical (unpaired) electrons. The van der Waals surface area contributed by atoms with Gasteiger partial charge in [-0.15, -0.1) is 11.3 Å². The maximum absolute atomic E-state index is 13.0. The minimum Gasteiger partial charge on any atom is -0.445 e. The van der Waals surface area contributed by atoms with Crippen molar-refractivity contribution in [1.29, 1.82) is 0 Å². The smallest absolute Gasteiger partial charge is 0.349 e. The van der Waals surface area contributed by atoms with Crippen LogP contribution in [0.4, 0.5) is 0 Å². The molecule has 2 aromatic carbocycles. The number of ether oxygens (including phenoxy) is 1. The Labute approximate surface area is 150 Å². The van der Waals surface area contributed by atoms with Gasteiger partial charge in [0.2, 0.25) is 5.78 Å². The minimum absolute atomic E-state index is 0.228. The summed E-state index contributed by atoms with van der Waals surface area (Å²) in [6, 6.07) is 18.2. The Kier molecular flexibility index (Phi) is 5.10. The Balaban J connectivity index is 1.93. The van der Waals surface area contributed by atoms with Gasteiger partial charge in [-0.3, -0.25) is 4.79 Å². The van der Waals surface area contributed by atoms with E-state index in [1.54, 1.807) is 29.6 Å². The summed E-state index contributed by atoms with van der Waals surface area (Å²) in [5.41, 5.74) is 3.34. The number of carbonyl (C=O) groups is 2. The van der Waals surface area contributed by atoms with E-state index < -0.39 is 12.1 Å². The molecule has 126 valence electrons. The highest BCUT2D eigenvalue weighted by molar-refractivity contribution is 7.11. The van der Waals surface area contributed by atoms with E-state index in [9.17, 15) is 9.59 Å². The monoisotopic (exact) mass is 350 g/mol. The van der Waals surface area contributed by atoms with E-state index in [0.29, 0.717) is 16.0 Å².